The highest BCUT2D eigenvalue weighted by atomic mass is 32.2. The molecule has 0 aliphatic carbocycles. The fraction of sp³-hybridized carbons (Fsp3) is 0.294. The monoisotopic (exact) mass is 320 g/mol. The summed E-state index contributed by atoms with van der Waals surface area (Å²) in [5, 5.41) is 0. The Morgan fingerprint density at radius 2 is 1.73 bits per heavy atom. The molecule has 2 aromatic rings. The van der Waals surface area contributed by atoms with Gasteiger partial charge in [0.15, 0.2) is 0 Å². The first-order valence-corrected chi connectivity index (χ1v) is 8.64. The maximum Gasteiger partial charge on any atom is 0.294 e. The SMILES string of the molecule is CCC(C)c1ccc(OCc2ccccc2S(=O)(=O)O)cc1. The molecule has 5 heteroatoms. The van der Waals surface area contributed by atoms with Crippen molar-refractivity contribution in [1.82, 2.24) is 0 Å². The lowest BCUT2D eigenvalue weighted by atomic mass is 9.99. The standard InChI is InChI=1S/C17H20O4S/c1-3-13(2)14-8-10-16(11-9-14)21-12-15-6-4-5-7-17(15)22(18,19)20/h4-11,13H,3,12H2,1-2H3,(H,18,19,20). The van der Waals surface area contributed by atoms with E-state index in [-0.39, 0.29) is 11.5 Å². The van der Waals surface area contributed by atoms with Gasteiger partial charge in [-0.05, 0) is 36.1 Å². The van der Waals surface area contributed by atoms with Crippen LogP contribution in [0.5, 0.6) is 5.75 Å². The van der Waals surface area contributed by atoms with Crippen molar-refractivity contribution in [2.75, 3.05) is 0 Å². The highest BCUT2D eigenvalue weighted by Gasteiger charge is 2.14. The number of hydrogen-bond acceptors (Lipinski definition) is 3. The van der Waals surface area contributed by atoms with Crippen LogP contribution in [0.3, 0.4) is 0 Å². The topological polar surface area (TPSA) is 63.6 Å². The first kappa shape index (κ1) is 16.5. The molecule has 0 radical (unpaired) electrons. The van der Waals surface area contributed by atoms with Gasteiger partial charge in [0.1, 0.15) is 17.3 Å². The van der Waals surface area contributed by atoms with E-state index in [1.807, 2.05) is 24.3 Å². The summed E-state index contributed by atoms with van der Waals surface area (Å²) in [6.45, 7) is 4.39. The third-order valence-electron chi connectivity index (χ3n) is 3.71. The molecule has 0 fully saturated rings. The van der Waals surface area contributed by atoms with Gasteiger partial charge in [-0.2, -0.15) is 8.42 Å². The van der Waals surface area contributed by atoms with E-state index in [1.54, 1.807) is 18.2 Å². The second-order valence-electron chi connectivity index (χ2n) is 5.25. The minimum absolute atomic E-state index is 0.0820. The van der Waals surface area contributed by atoms with Crippen LogP contribution in [0.15, 0.2) is 53.4 Å². The van der Waals surface area contributed by atoms with Crippen molar-refractivity contribution in [1.29, 1.82) is 0 Å². The third kappa shape index (κ3) is 4.08. The summed E-state index contributed by atoms with van der Waals surface area (Å²) >= 11 is 0. The summed E-state index contributed by atoms with van der Waals surface area (Å²) in [5.41, 5.74) is 1.67. The predicted octanol–water partition coefficient (Wildman–Crippen LogP) is 4.03. The molecule has 2 rings (SSSR count). The maximum absolute atomic E-state index is 11.3. The third-order valence-corrected chi connectivity index (χ3v) is 4.66. The molecule has 4 nitrogen and oxygen atoms in total. The Bertz CT molecular complexity index is 721. The zero-order valence-electron chi connectivity index (χ0n) is 12.7. The molecule has 118 valence electrons. The maximum atomic E-state index is 11.3. The first-order chi connectivity index (χ1) is 10.4. The lowest BCUT2D eigenvalue weighted by molar-refractivity contribution is 0.302. The van der Waals surface area contributed by atoms with Crippen molar-refractivity contribution in [3.8, 4) is 5.75 Å². The van der Waals surface area contributed by atoms with Crippen LogP contribution in [0.1, 0.15) is 37.3 Å². The average molecular weight is 320 g/mol. The van der Waals surface area contributed by atoms with Crippen molar-refractivity contribution < 1.29 is 17.7 Å². The molecule has 0 saturated heterocycles. The minimum Gasteiger partial charge on any atom is -0.489 e. The Hall–Kier alpha value is -1.85. The van der Waals surface area contributed by atoms with Crippen LogP contribution in [-0.4, -0.2) is 13.0 Å². The smallest absolute Gasteiger partial charge is 0.294 e. The fourth-order valence-electron chi connectivity index (χ4n) is 2.16. The van der Waals surface area contributed by atoms with Crippen LogP contribution in [0, 0.1) is 0 Å². The van der Waals surface area contributed by atoms with E-state index in [2.05, 4.69) is 13.8 Å². The van der Waals surface area contributed by atoms with Crippen LogP contribution in [0.2, 0.25) is 0 Å². The summed E-state index contributed by atoms with van der Waals surface area (Å²) in [5.74, 6) is 1.16. The van der Waals surface area contributed by atoms with Gasteiger partial charge in [0, 0.05) is 5.56 Å². The van der Waals surface area contributed by atoms with E-state index in [9.17, 15) is 13.0 Å². The van der Waals surface area contributed by atoms with Crippen molar-refractivity contribution in [2.24, 2.45) is 0 Å². The van der Waals surface area contributed by atoms with Crippen LogP contribution < -0.4 is 4.74 Å². The molecule has 0 aliphatic rings. The van der Waals surface area contributed by atoms with Gasteiger partial charge in [-0.15, -0.1) is 0 Å². The molecule has 0 spiro atoms. The van der Waals surface area contributed by atoms with E-state index in [4.69, 9.17) is 4.74 Å². The largest absolute Gasteiger partial charge is 0.489 e. The summed E-state index contributed by atoms with van der Waals surface area (Å²) in [6.07, 6.45) is 1.07. The quantitative estimate of drug-likeness (QED) is 0.816. The van der Waals surface area contributed by atoms with Gasteiger partial charge in [0.05, 0.1) is 0 Å². The van der Waals surface area contributed by atoms with Crippen molar-refractivity contribution in [3.63, 3.8) is 0 Å². The predicted molar refractivity (Wildman–Crippen MR) is 85.7 cm³/mol. The average Bonchev–Trinajstić information content (AvgIpc) is 2.52. The Labute approximate surface area is 131 Å². The zero-order valence-corrected chi connectivity index (χ0v) is 13.5. The molecule has 1 atom stereocenters. The molecule has 0 aliphatic heterocycles. The number of hydrogen-bond donors (Lipinski definition) is 1. The van der Waals surface area contributed by atoms with Crippen molar-refractivity contribution in [3.05, 3.63) is 59.7 Å². The number of ether oxygens (including phenoxy) is 1. The van der Waals surface area contributed by atoms with Gasteiger partial charge in [-0.25, -0.2) is 0 Å². The summed E-state index contributed by atoms with van der Waals surface area (Å²) in [6, 6.07) is 14.0. The lowest BCUT2D eigenvalue weighted by Crippen LogP contribution is -2.05. The summed E-state index contributed by atoms with van der Waals surface area (Å²) in [4.78, 5) is -0.119. The Morgan fingerprint density at radius 3 is 2.32 bits per heavy atom. The summed E-state index contributed by atoms with van der Waals surface area (Å²) < 4.78 is 37.5. The molecule has 22 heavy (non-hydrogen) atoms. The molecule has 0 bridgehead atoms. The second-order valence-corrected chi connectivity index (χ2v) is 6.64. The summed E-state index contributed by atoms with van der Waals surface area (Å²) in [7, 11) is -4.24. The van der Waals surface area contributed by atoms with Crippen LogP contribution in [0.25, 0.3) is 0 Å². The Balaban J connectivity index is 2.11. The van der Waals surface area contributed by atoms with Crippen molar-refractivity contribution >= 4 is 10.1 Å². The van der Waals surface area contributed by atoms with Gasteiger partial charge >= 0.3 is 0 Å². The van der Waals surface area contributed by atoms with E-state index < -0.39 is 10.1 Å². The highest BCUT2D eigenvalue weighted by Crippen LogP contribution is 2.23. The van der Waals surface area contributed by atoms with E-state index in [1.165, 1.54) is 11.6 Å². The number of rotatable bonds is 6. The van der Waals surface area contributed by atoms with Crippen molar-refractivity contribution in [2.45, 2.75) is 37.7 Å². The van der Waals surface area contributed by atoms with E-state index in [0.717, 1.165) is 6.42 Å². The molecule has 0 amide bonds. The Kier molecular flexibility index (Phi) is 5.21. The molecule has 0 saturated carbocycles. The van der Waals surface area contributed by atoms with Gasteiger partial charge in [0.2, 0.25) is 0 Å². The molecule has 1 unspecified atom stereocenters. The van der Waals surface area contributed by atoms with E-state index in [0.29, 0.717) is 17.2 Å². The molecular formula is C17H20O4S. The molecule has 0 heterocycles. The van der Waals surface area contributed by atoms with Gasteiger partial charge in [-0.1, -0.05) is 44.2 Å². The van der Waals surface area contributed by atoms with Crippen LogP contribution >= 0.6 is 0 Å². The second kappa shape index (κ2) is 6.94. The minimum atomic E-state index is -4.24. The molecule has 2 aromatic carbocycles. The van der Waals surface area contributed by atoms with Gasteiger partial charge in [-0.3, -0.25) is 4.55 Å². The molecule has 1 N–H and O–H groups in total. The number of benzene rings is 2. The van der Waals surface area contributed by atoms with Gasteiger partial charge in [0.25, 0.3) is 10.1 Å². The fourth-order valence-corrected chi connectivity index (χ4v) is 2.87. The highest BCUT2D eigenvalue weighted by molar-refractivity contribution is 7.85. The Morgan fingerprint density at radius 1 is 1.09 bits per heavy atom. The van der Waals surface area contributed by atoms with Gasteiger partial charge < -0.3 is 4.74 Å². The molecular weight excluding hydrogens is 300 g/mol. The zero-order chi connectivity index (χ0) is 16.2. The van der Waals surface area contributed by atoms with Crippen LogP contribution in [-0.2, 0) is 16.7 Å². The van der Waals surface area contributed by atoms with E-state index >= 15 is 0 Å². The molecule has 0 aromatic heterocycles. The first-order valence-electron chi connectivity index (χ1n) is 7.20. The van der Waals surface area contributed by atoms with Crippen LogP contribution in [0.4, 0.5) is 0 Å². The normalized spacial score (nSPS) is 12.9. The lowest BCUT2D eigenvalue weighted by Gasteiger charge is -2.12.